The van der Waals surface area contributed by atoms with Crippen molar-refractivity contribution in [2.75, 3.05) is 27.2 Å². The molecule has 20 heavy (non-hydrogen) atoms. The zero-order valence-corrected chi connectivity index (χ0v) is 11.3. The smallest absolute Gasteiger partial charge is 0.246 e. The van der Waals surface area contributed by atoms with Crippen LogP contribution in [0.3, 0.4) is 0 Å². The predicted octanol–water partition coefficient (Wildman–Crippen LogP) is 1.22. The summed E-state index contributed by atoms with van der Waals surface area (Å²) in [4.78, 5) is -0.325. The molecule has 0 unspecified atom stereocenters. The summed E-state index contributed by atoms with van der Waals surface area (Å²) in [6.07, 6.45) is 0. The standard InChI is InChI=1S/C10H11F5N2O2S/c1-17(2)4-3-16-20(18,19)10-8(14)6(12)5(11)7(13)9(10)15/h16H,3-4H2,1-2H3. The summed E-state index contributed by atoms with van der Waals surface area (Å²) >= 11 is 0. The van der Waals surface area contributed by atoms with Crippen LogP contribution in [0.1, 0.15) is 0 Å². The summed E-state index contributed by atoms with van der Waals surface area (Å²) in [5.41, 5.74) is 0. The molecule has 4 nitrogen and oxygen atoms in total. The van der Waals surface area contributed by atoms with E-state index in [0.717, 1.165) is 0 Å². The highest BCUT2D eigenvalue weighted by atomic mass is 32.2. The van der Waals surface area contributed by atoms with E-state index in [-0.39, 0.29) is 13.1 Å². The number of halogens is 5. The molecule has 0 saturated heterocycles. The van der Waals surface area contributed by atoms with Gasteiger partial charge in [0.1, 0.15) is 0 Å². The van der Waals surface area contributed by atoms with Crippen molar-refractivity contribution in [3.05, 3.63) is 29.1 Å². The fraction of sp³-hybridized carbons (Fsp3) is 0.400. The van der Waals surface area contributed by atoms with E-state index in [1.807, 2.05) is 0 Å². The zero-order valence-electron chi connectivity index (χ0n) is 10.5. The molecule has 114 valence electrons. The molecule has 0 saturated carbocycles. The lowest BCUT2D eigenvalue weighted by atomic mass is 10.3. The highest BCUT2D eigenvalue weighted by molar-refractivity contribution is 7.89. The lowest BCUT2D eigenvalue weighted by molar-refractivity contribution is 0.356. The first-order chi connectivity index (χ1) is 9.09. The van der Waals surface area contributed by atoms with Crippen molar-refractivity contribution in [3.63, 3.8) is 0 Å². The fourth-order valence-corrected chi connectivity index (χ4v) is 2.45. The molecule has 0 heterocycles. The number of nitrogens with one attached hydrogen (secondary N) is 1. The number of rotatable bonds is 5. The largest absolute Gasteiger partial charge is 0.308 e. The Morgan fingerprint density at radius 1 is 0.900 bits per heavy atom. The summed E-state index contributed by atoms with van der Waals surface area (Å²) < 4.78 is 90.3. The third kappa shape index (κ3) is 3.25. The van der Waals surface area contributed by atoms with Gasteiger partial charge in [-0.2, -0.15) is 0 Å². The molecule has 0 bridgehead atoms. The molecule has 0 aromatic heterocycles. The maximum absolute atomic E-state index is 13.3. The van der Waals surface area contributed by atoms with Crippen LogP contribution >= 0.6 is 0 Å². The van der Waals surface area contributed by atoms with Gasteiger partial charge < -0.3 is 4.90 Å². The number of hydrogen-bond acceptors (Lipinski definition) is 3. The molecule has 0 atom stereocenters. The number of benzene rings is 1. The summed E-state index contributed by atoms with van der Waals surface area (Å²) in [6.45, 7) is -0.0799. The van der Waals surface area contributed by atoms with Crippen molar-refractivity contribution < 1.29 is 30.4 Å². The fourth-order valence-electron chi connectivity index (χ4n) is 1.30. The Hall–Kier alpha value is -1.26. The number of hydrogen-bond donors (Lipinski definition) is 1. The minimum Gasteiger partial charge on any atom is -0.308 e. The van der Waals surface area contributed by atoms with E-state index in [9.17, 15) is 30.4 Å². The number of likely N-dealkylation sites (N-methyl/N-ethyl adjacent to an activating group) is 1. The molecule has 0 aliphatic rings. The van der Waals surface area contributed by atoms with Gasteiger partial charge in [0.05, 0.1) is 0 Å². The van der Waals surface area contributed by atoms with Crippen molar-refractivity contribution in [1.29, 1.82) is 0 Å². The Morgan fingerprint density at radius 2 is 1.30 bits per heavy atom. The topological polar surface area (TPSA) is 49.4 Å². The molecule has 1 N–H and O–H groups in total. The molecule has 0 aliphatic carbocycles. The lowest BCUT2D eigenvalue weighted by Crippen LogP contribution is -2.33. The highest BCUT2D eigenvalue weighted by Crippen LogP contribution is 2.26. The first kappa shape index (κ1) is 16.8. The normalized spacial score (nSPS) is 12.2. The van der Waals surface area contributed by atoms with Gasteiger partial charge in [-0.05, 0) is 14.1 Å². The van der Waals surface area contributed by atoms with Crippen LogP contribution in [0.15, 0.2) is 4.90 Å². The Kier molecular flexibility index (Phi) is 5.05. The first-order valence-corrected chi connectivity index (χ1v) is 6.73. The summed E-state index contributed by atoms with van der Waals surface area (Å²) in [7, 11) is -1.64. The van der Waals surface area contributed by atoms with Gasteiger partial charge in [0, 0.05) is 13.1 Å². The van der Waals surface area contributed by atoms with E-state index in [0.29, 0.717) is 0 Å². The van der Waals surface area contributed by atoms with Crippen molar-refractivity contribution in [1.82, 2.24) is 9.62 Å². The van der Waals surface area contributed by atoms with Crippen LogP contribution < -0.4 is 4.72 Å². The summed E-state index contributed by atoms with van der Waals surface area (Å²) in [6, 6.07) is 0. The summed E-state index contributed by atoms with van der Waals surface area (Å²) in [5.74, 6) is -11.8. The Bertz CT molecular complexity index is 590. The van der Waals surface area contributed by atoms with Gasteiger partial charge in [0.25, 0.3) is 0 Å². The van der Waals surface area contributed by atoms with Crippen LogP contribution in [-0.2, 0) is 10.0 Å². The maximum atomic E-state index is 13.3. The van der Waals surface area contributed by atoms with E-state index in [1.165, 1.54) is 0 Å². The average Bonchev–Trinajstić information content (AvgIpc) is 2.33. The highest BCUT2D eigenvalue weighted by Gasteiger charge is 2.33. The van der Waals surface area contributed by atoms with Gasteiger partial charge in [0.2, 0.25) is 15.8 Å². The van der Waals surface area contributed by atoms with Gasteiger partial charge in [-0.15, -0.1) is 0 Å². The quantitative estimate of drug-likeness (QED) is 0.505. The first-order valence-electron chi connectivity index (χ1n) is 5.25. The van der Waals surface area contributed by atoms with Crippen molar-refractivity contribution in [2.24, 2.45) is 0 Å². The lowest BCUT2D eigenvalue weighted by Gasteiger charge is -2.12. The SMILES string of the molecule is CN(C)CCNS(=O)(=O)c1c(F)c(F)c(F)c(F)c1F. The molecule has 0 aliphatic heterocycles. The molecule has 1 rings (SSSR count). The van der Waals surface area contributed by atoms with E-state index >= 15 is 0 Å². The van der Waals surface area contributed by atoms with Crippen LogP contribution in [0.5, 0.6) is 0 Å². The average molecular weight is 318 g/mol. The van der Waals surface area contributed by atoms with Crippen molar-refractivity contribution >= 4 is 10.0 Å². The minimum absolute atomic E-state index is 0.175. The molecule has 0 radical (unpaired) electrons. The van der Waals surface area contributed by atoms with E-state index in [2.05, 4.69) is 0 Å². The monoisotopic (exact) mass is 318 g/mol. The van der Waals surface area contributed by atoms with E-state index in [1.54, 1.807) is 23.7 Å². The number of nitrogens with zero attached hydrogens (tertiary/aromatic N) is 1. The Balaban J connectivity index is 3.26. The number of sulfonamides is 1. The molecular formula is C10H11F5N2O2S. The second-order valence-corrected chi connectivity index (χ2v) is 5.80. The van der Waals surface area contributed by atoms with Crippen molar-refractivity contribution in [2.45, 2.75) is 4.90 Å². The van der Waals surface area contributed by atoms with Crippen LogP contribution in [-0.4, -0.2) is 40.5 Å². The van der Waals surface area contributed by atoms with Gasteiger partial charge in [-0.25, -0.2) is 35.1 Å². The maximum Gasteiger partial charge on any atom is 0.246 e. The van der Waals surface area contributed by atoms with Gasteiger partial charge >= 0.3 is 0 Å². The summed E-state index contributed by atoms with van der Waals surface area (Å²) in [5, 5.41) is 0. The van der Waals surface area contributed by atoms with Crippen molar-refractivity contribution in [3.8, 4) is 0 Å². The molecule has 0 amide bonds. The van der Waals surface area contributed by atoms with Crippen LogP contribution in [0.25, 0.3) is 0 Å². The van der Waals surface area contributed by atoms with Gasteiger partial charge in [-0.3, -0.25) is 0 Å². The molecular weight excluding hydrogens is 307 g/mol. The van der Waals surface area contributed by atoms with Crippen LogP contribution in [0.2, 0.25) is 0 Å². The van der Waals surface area contributed by atoms with E-state index in [4.69, 9.17) is 0 Å². The zero-order chi connectivity index (χ0) is 15.7. The molecule has 10 heteroatoms. The minimum atomic E-state index is -4.85. The van der Waals surface area contributed by atoms with E-state index < -0.39 is 44.0 Å². The molecule has 0 spiro atoms. The Morgan fingerprint density at radius 3 is 1.70 bits per heavy atom. The third-order valence-electron chi connectivity index (χ3n) is 2.29. The second kappa shape index (κ2) is 6.02. The second-order valence-electron chi connectivity index (χ2n) is 4.10. The third-order valence-corrected chi connectivity index (χ3v) is 3.77. The molecule has 1 aromatic carbocycles. The van der Waals surface area contributed by atoms with Crippen LogP contribution in [0, 0.1) is 29.1 Å². The predicted molar refractivity (Wildman–Crippen MR) is 60.0 cm³/mol. The van der Waals surface area contributed by atoms with Crippen LogP contribution in [0.4, 0.5) is 22.0 Å². The van der Waals surface area contributed by atoms with Gasteiger partial charge in [-0.1, -0.05) is 0 Å². The Labute approximate surface area is 112 Å². The molecule has 1 aromatic rings. The van der Waals surface area contributed by atoms with Gasteiger partial charge in [0.15, 0.2) is 28.2 Å². The molecule has 0 fully saturated rings.